The van der Waals surface area contributed by atoms with E-state index in [9.17, 15) is 4.39 Å². The van der Waals surface area contributed by atoms with Gasteiger partial charge in [0, 0.05) is 15.5 Å². The normalized spacial score (nSPS) is 13.6. The standard InChI is InChI=1S/C15H13BrFNS/c16-12-7-15(14(18)8-13(12)17)19-11-5-4-9-2-1-3-10(9)6-11/h4-8H,1-3,18H2. The highest BCUT2D eigenvalue weighted by atomic mass is 79.9. The molecule has 3 rings (SSSR count). The van der Waals surface area contributed by atoms with Gasteiger partial charge in [-0.2, -0.15) is 0 Å². The lowest BCUT2D eigenvalue weighted by Crippen LogP contribution is -1.91. The fraction of sp³-hybridized carbons (Fsp3) is 0.200. The van der Waals surface area contributed by atoms with Gasteiger partial charge in [-0.05, 0) is 70.6 Å². The Morgan fingerprint density at radius 3 is 2.74 bits per heavy atom. The number of rotatable bonds is 2. The lowest BCUT2D eigenvalue weighted by atomic mass is 10.1. The first-order valence-corrected chi connectivity index (χ1v) is 7.78. The maximum atomic E-state index is 13.3. The second-order valence-corrected chi connectivity index (χ2v) is 6.66. The Balaban J connectivity index is 1.91. The molecule has 0 atom stereocenters. The van der Waals surface area contributed by atoms with Crippen molar-refractivity contribution in [1.29, 1.82) is 0 Å². The van der Waals surface area contributed by atoms with Crippen molar-refractivity contribution >= 4 is 33.4 Å². The third-order valence-corrected chi connectivity index (χ3v) is 5.02. The zero-order valence-electron chi connectivity index (χ0n) is 10.2. The molecule has 19 heavy (non-hydrogen) atoms. The molecule has 0 heterocycles. The molecule has 1 aliphatic carbocycles. The van der Waals surface area contributed by atoms with Crippen molar-refractivity contribution in [3.8, 4) is 0 Å². The van der Waals surface area contributed by atoms with E-state index in [-0.39, 0.29) is 5.82 Å². The minimum Gasteiger partial charge on any atom is -0.398 e. The molecule has 2 aromatic rings. The first-order valence-electron chi connectivity index (χ1n) is 6.17. The lowest BCUT2D eigenvalue weighted by molar-refractivity contribution is 0.620. The van der Waals surface area contributed by atoms with E-state index in [1.165, 1.54) is 30.0 Å². The Hall–Kier alpha value is -1.00. The molecule has 0 amide bonds. The van der Waals surface area contributed by atoms with Gasteiger partial charge >= 0.3 is 0 Å². The van der Waals surface area contributed by atoms with Crippen molar-refractivity contribution in [3.05, 3.63) is 51.7 Å². The van der Waals surface area contributed by atoms with E-state index in [1.807, 2.05) is 0 Å². The number of hydrogen-bond acceptors (Lipinski definition) is 2. The Kier molecular flexibility index (Phi) is 3.54. The third-order valence-electron chi connectivity index (χ3n) is 3.35. The van der Waals surface area contributed by atoms with Gasteiger partial charge in [-0.1, -0.05) is 17.8 Å². The smallest absolute Gasteiger partial charge is 0.139 e. The van der Waals surface area contributed by atoms with Crippen LogP contribution in [0.2, 0.25) is 0 Å². The molecule has 2 aromatic carbocycles. The van der Waals surface area contributed by atoms with Crippen molar-refractivity contribution < 1.29 is 4.39 Å². The van der Waals surface area contributed by atoms with Crippen LogP contribution in [0.15, 0.2) is 44.6 Å². The number of nitrogens with two attached hydrogens (primary N) is 1. The van der Waals surface area contributed by atoms with Crippen LogP contribution in [0.4, 0.5) is 10.1 Å². The monoisotopic (exact) mass is 337 g/mol. The van der Waals surface area contributed by atoms with Crippen LogP contribution in [-0.4, -0.2) is 0 Å². The summed E-state index contributed by atoms with van der Waals surface area (Å²) in [6.45, 7) is 0. The van der Waals surface area contributed by atoms with Crippen LogP contribution < -0.4 is 5.73 Å². The van der Waals surface area contributed by atoms with Crippen molar-refractivity contribution in [2.45, 2.75) is 29.1 Å². The van der Waals surface area contributed by atoms with Crippen molar-refractivity contribution in [3.63, 3.8) is 0 Å². The van der Waals surface area contributed by atoms with E-state index in [1.54, 1.807) is 17.8 Å². The van der Waals surface area contributed by atoms with E-state index < -0.39 is 0 Å². The number of anilines is 1. The maximum Gasteiger partial charge on any atom is 0.139 e. The number of fused-ring (bicyclic) bond motifs is 1. The second-order valence-electron chi connectivity index (χ2n) is 4.69. The molecule has 1 nitrogen and oxygen atoms in total. The Morgan fingerprint density at radius 2 is 1.89 bits per heavy atom. The molecule has 0 bridgehead atoms. The van der Waals surface area contributed by atoms with Gasteiger partial charge < -0.3 is 5.73 Å². The summed E-state index contributed by atoms with van der Waals surface area (Å²) in [5.74, 6) is -0.323. The Labute approximate surface area is 124 Å². The van der Waals surface area contributed by atoms with Crippen molar-refractivity contribution in [1.82, 2.24) is 0 Å². The molecule has 0 spiro atoms. The van der Waals surface area contributed by atoms with Crippen LogP contribution in [0.5, 0.6) is 0 Å². The van der Waals surface area contributed by atoms with E-state index >= 15 is 0 Å². The Morgan fingerprint density at radius 1 is 1.11 bits per heavy atom. The first kappa shape index (κ1) is 13.0. The largest absolute Gasteiger partial charge is 0.398 e. The molecular weight excluding hydrogens is 325 g/mol. The maximum absolute atomic E-state index is 13.3. The summed E-state index contributed by atoms with van der Waals surface area (Å²) in [7, 11) is 0. The molecule has 1 aliphatic rings. The summed E-state index contributed by atoms with van der Waals surface area (Å²) in [6.07, 6.45) is 3.59. The highest BCUT2D eigenvalue weighted by Crippen LogP contribution is 2.37. The topological polar surface area (TPSA) is 26.0 Å². The molecule has 0 aliphatic heterocycles. The van der Waals surface area contributed by atoms with E-state index in [0.29, 0.717) is 10.2 Å². The average molecular weight is 338 g/mol. The molecule has 0 fully saturated rings. The van der Waals surface area contributed by atoms with Gasteiger partial charge in [-0.3, -0.25) is 0 Å². The molecule has 0 saturated heterocycles. The fourth-order valence-electron chi connectivity index (χ4n) is 2.37. The molecule has 0 radical (unpaired) electrons. The van der Waals surface area contributed by atoms with E-state index in [4.69, 9.17) is 5.73 Å². The number of nitrogen functional groups attached to an aromatic ring is 1. The zero-order chi connectivity index (χ0) is 13.4. The highest BCUT2D eigenvalue weighted by molar-refractivity contribution is 9.10. The van der Waals surface area contributed by atoms with E-state index in [0.717, 1.165) is 16.2 Å². The predicted octanol–water partition coefficient (Wildman–Crippen LogP) is 4.81. The summed E-state index contributed by atoms with van der Waals surface area (Å²) in [4.78, 5) is 2.04. The van der Waals surface area contributed by atoms with E-state index in [2.05, 4.69) is 34.1 Å². The highest BCUT2D eigenvalue weighted by Gasteiger charge is 2.12. The average Bonchev–Trinajstić information content (AvgIpc) is 2.83. The molecule has 4 heteroatoms. The zero-order valence-corrected chi connectivity index (χ0v) is 12.7. The van der Waals surface area contributed by atoms with Crippen LogP contribution >= 0.6 is 27.7 Å². The van der Waals surface area contributed by atoms with Gasteiger partial charge in [-0.15, -0.1) is 0 Å². The van der Waals surface area contributed by atoms with Gasteiger partial charge in [-0.25, -0.2) is 4.39 Å². The molecular formula is C15H13BrFNS. The second kappa shape index (κ2) is 5.17. The summed E-state index contributed by atoms with van der Waals surface area (Å²) in [6, 6.07) is 9.64. The summed E-state index contributed by atoms with van der Waals surface area (Å²) < 4.78 is 13.8. The minimum absolute atomic E-state index is 0.323. The van der Waals surface area contributed by atoms with Crippen LogP contribution in [-0.2, 0) is 12.8 Å². The van der Waals surface area contributed by atoms with Crippen molar-refractivity contribution in [2.75, 3.05) is 5.73 Å². The van der Waals surface area contributed by atoms with Crippen LogP contribution in [0.3, 0.4) is 0 Å². The third kappa shape index (κ3) is 2.65. The SMILES string of the molecule is Nc1cc(F)c(Br)cc1Sc1ccc2c(c1)CCC2. The first-order chi connectivity index (χ1) is 9.13. The minimum atomic E-state index is -0.323. The number of aryl methyl sites for hydroxylation is 2. The Bertz CT molecular complexity index is 642. The van der Waals surface area contributed by atoms with Gasteiger partial charge in [0.25, 0.3) is 0 Å². The van der Waals surface area contributed by atoms with Crippen LogP contribution in [0.25, 0.3) is 0 Å². The molecule has 0 saturated carbocycles. The fourth-order valence-corrected chi connectivity index (χ4v) is 3.81. The summed E-state index contributed by atoms with van der Waals surface area (Å²) in [5.41, 5.74) is 9.24. The van der Waals surface area contributed by atoms with Gasteiger partial charge in [0.15, 0.2) is 0 Å². The van der Waals surface area contributed by atoms with Gasteiger partial charge in [0.2, 0.25) is 0 Å². The quantitative estimate of drug-likeness (QED) is 0.795. The molecule has 2 N–H and O–H groups in total. The van der Waals surface area contributed by atoms with Crippen LogP contribution in [0.1, 0.15) is 17.5 Å². The lowest BCUT2D eigenvalue weighted by Gasteiger charge is -2.08. The number of hydrogen-bond donors (Lipinski definition) is 1. The number of benzene rings is 2. The summed E-state index contributed by atoms with van der Waals surface area (Å²) in [5, 5.41) is 0. The van der Waals surface area contributed by atoms with Gasteiger partial charge in [0.05, 0.1) is 4.47 Å². The molecule has 98 valence electrons. The molecule has 0 unspecified atom stereocenters. The number of halogens is 2. The van der Waals surface area contributed by atoms with Crippen LogP contribution in [0, 0.1) is 5.82 Å². The predicted molar refractivity (Wildman–Crippen MR) is 81.1 cm³/mol. The molecule has 0 aromatic heterocycles. The van der Waals surface area contributed by atoms with Crippen molar-refractivity contribution in [2.24, 2.45) is 0 Å². The summed E-state index contributed by atoms with van der Waals surface area (Å²) >= 11 is 4.78. The van der Waals surface area contributed by atoms with Gasteiger partial charge in [0.1, 0.15) is 5.82 Å².